The number of para-hydroxylation sites is 3. The fourth-order valence-electron chi connectivity index (χ4n) is 8.26. The number of aliphatic imine (C=N–C) groups is 4. The fourth-order valence-corrected chi connectivity index (χ4v) is 8.26. The Morgan fingerprint density at radius 2 is 0.760 bits per heavy atom. The van der Waals surface area contributed by atoms with Crippen molar-refractivity contribution in [3.63, 3.8) is 0 Å². The third-order valence-corrected chi connectivity index (χ3v) is 13.1. The van der Waals surface area contributed by atoms with Crippen LogP contribution in [-0.2, 0) is 13.1 Å². The Balaban J connectivity index is -0.0000000739. The molecule has 1 saturated heterocycles. The number of anilines is 2. The molecule has 0 bridgehead atoms. The molecule has 1 fully saturated rings. The van der Waals surface area contributed by atoms with Crippen molar-refractivity contribution in [2.24, 2.45) is 25.1 Å². The quantitative estimate of drug-likeness (QED) is 0.0672. The number of nitrogens with one attached hydrogen (secondary N) is 12. The summed E-state index contributed by atoms with van der Waals surface area (Å²) in [5, 5.41) is 50.0. The van der Waals surface area contributed by atoms with Crippen molar-refractivity contribution in [3.8, 4) is 0 Å². The summed E-state index contributed by atoms with van der Waals surface area (Å²) >= 11 is 0. The Bertz CT molecular complexity index is 3910. The number of hydrazone groups is 1. The molecule has 6 aromatic heterocycles. The molecule has 0 saturated carbocycles. The van der Waals surface area contributed by atoms with Crippen molar-refractivity contribution >= 4 is 87.2 Å². The number of H-pyrrole nitrogens is 3. The van der Waals surface area contributed by atoms with E-state index in [-0.39, 0.29) is 0 Å². The van der Waals surface area contributed by atoms with Crippen LogP contribution < -0.4 is 48.0 Å². The number of aromatic amines is 3. The fraction of sp³-hybridized carbons (Fsp3) is 0.439. The zero-order chi connectivity index (χ0) is 117. The molecule has 18 rings (SSSR count). The molecule has 23 nitrogen and oxygen atoms in total. The summed E-state index contributed by atoms with van der Waals surface area (Å²) < 4.78 is 0. The first-order valence-corrected chi connectivity index (χ1v) is 54.9. The largest absolute Gasteiger partial charge is 0.362 e. The summed E-state index contributed by atoms with van der Waals surface area (Å²) in [4.78, 5) is 27.4. The molecular weight excluding hydrogens is 1800 g/mol. The number of nitrogens with zero attached hydrogens (tertiary/aromatic N) is 11. The van der Waals surface area contributed by atoms with Crippen LogP contribution in [0.1, 0.15) is 362 Å². The Labute approximate surface area is 900 Å². The zero-order valence-electron chi connectivity index (χ0n) is 102. The molecule has 9 aliphatic heterocycles. The van der Waals surface area contributed by atoms with Gasteiger partial charge in [0, 0.05) is 138 Å². The molecule has 0 spiro atoms. The Kier molecular flexibility index (Phi) is 201. The Morgan fingerprint density at radius 1 is 0.295 bits per heavy atom. The van der Waals surface area contributed by atoms with E-state index in [9.17, 15) is 0 Å². The van der Waals surface area contributed by atoms with Gasteiger partial charge in [-0.05, 0) is 128 Å². The number of pyridine rings is 3. The van der Waals surface area contributed by atoms with Crippen molar-refractivity contribution in [1.29, 1.82) is 0 Å². The lowest BCUT2D eigenvalue weighted by Crippen LogP contribution is -2.08. The molecule has 23 heteroatoms. The van der Waals surface area contributed by atoms with Gasteiger partial charge >= 0.3 is 0 Å². The number of benzene rings is 3. The van der Waals surface area contributed by atoms with Crippen molar-refractivity contribution in [3.05, 3.63) is 329 Å². The number of allylic oxidation sites excluding steroid dienone is 10. The minimum Gasteiger partial charge on any atom is -0.362 e. The number of hydrogen-bond acceptors (Lipinski definition) is 20. The van der Waals surface area contributed by atoms with Crippen LogP contribution in [0.2, 0.25) is 0 Å². The average molecular weight is 2030 g/mol. The molecule has 0 amide bonds. The van der Waals surface area contributed by atoms with E-state index >= 15 is 0 Å². The van der Waals surface area contributed by atoms with Crippen molar-refractivity contribution in [2.75, 3.05) is 23.7 Å². The van der Waals surface area contributed by atoms with Gasteiger partial charge in [-0.3, -0.25) is 45.7 Å². The van der Waals surface area contributed by atoms with E-state index in [0.29, 0.717) is 5.82 Å². The Morgan fingerprint density at radius 3 is 1.16 bits per heavy atom. The maximum absolute atomic E-state index is 4.19. The van der Waals surface area contributed by atoms with Crippen LogP contribution in [0.4, 0.5) is 17.1 Å². The van der Waals surface area contributed by atoms with E-state index in [2.05, 4.69) is 201 Å². The minimum absolute atomic E-state index is 0.697. The van der Waals surface area contributed by atoms with E-state index in [1.807, 2.05) is 448 Å². The first-order chi connectivity index (χ1) is 72.1. The zero-order valence-corrected chi connectivity index (χ0v) is 102. The van der Waals surface area contributed by atoms with Crippen LogP contribution in [0.5, 0.6) is 0 Å². The van der Waals surface area contributed by atoms with Gasteiger partial charge in [-0.2, -0.15) is 20.4 Å². The molecule has 12 N–H and O–H groups in total. The number of aromatic nitrogens is 9. The minimum atomic E-state index is 0.697. The molecule has 9 aliphatic rings. The van der Waals surface area contributed by atoms with Crippen molar-refractivity contribution in [1.82, 2.24) is 82.9 Å². The summed E-state index contributed by atoms with van der Waals surface area (Å²) in [6.07, 6.45) is 51.0. The topological polar surface area (TPSA) is 295 Å². The normalized spacial score (nSPS) is 10.8. The van der Waals surface area contributed by atoms with Gasteiger partial charge < -0.3 is 42.5 Å². The van der Waals surface area contributed by atoms with Crippen molar-refractivity contribution in [2.45, 2.75) is 358 Å². The van der Waals surface area contributed by atoms with Gasteiger partial charge in [-0.1, -0.05) is 445 Å². The number of hydrogen-bond donors (Lipinski definition) is 12. The lowest BCUT2D eigenvalue weighted by Gasteiger charge is -2.13. The lowest BCUT2D eigenvalue weighted by molar-refractivity contribution is 0.765. The van der Waals surface area contributed by atoms with Gasteiger partial charge in [0.05, 0.1) is 65.3 Å². The SMILES string of the molecule is C1CCNC1.C=C1C=CC=CN1.C=C1C=CC=NN1.C=C1C=CN=CN1.C=C1C=Cc2ccccc2N1.C=C1C=NC=CN1.C=C1C=Nc2ccccc2N1.C=C1N=CC=CN1.CC.CC.CC.CC.CC.CC.CC.CC.CC.CC.CC.CC.CC.CC.CC.CC.CC.CC.CC.CC.CC.CC.CC.CC.c1cc2[nH]ncc2cn1.c1cc2cn[nH]c2cn1.c1ccc2c(c1)CNC2.c1cnc2cn[nH]c2c1. The van der Waals surface area contributed by atoms with Crippen LogP contribution >= 0.6 is 0 Å². The molecule has 0 atom stereocenters. The van der Waals surface area contributed by atoms with Gasteiger partial charge in [-0.15, -0.1) is 0 Å². The molecule has 0 unspecified atom stereocenters. The number of dihydropyridines is 1. The van der Waals surface area contributed by atoms with Crippen molar-refractivity contribution < 1.29 is 0 Å². The van der Waals surface area contributed by atoms with Gasteiger partial charge in [-0.25, -0.2) is 9.98 Å². The summed E-state index contributed by atoms with van der Waals surface area (Å²) in [6.45, 7) is 126. The summed E-state index contributed by atoms with van der Waals surface area (Å²) in [7, 11) is 0. The van der Waals surface area contributed by atoms with Gasteiger partial charge in [0.1, 0.15) is 11.3 Å². The molecule has 0 radical (unpaired) electrons. The van der Waals surface area contributed by atoms with Crippen LogP contribution in [0.15, 0.2) is 337 Å². The highest BCUT2D eigenvalue weighted by atomic mass is 15.3. The first-order valence-electron chi connectivity index (χ1n) is 54.9. The third-order valence-electron chi connectivity index (χ3n) is 13.1. The molecule has 3 aromatic carbocycles. The number of rotatable bonds is 0. The summed E-state index contributed by atoms with van der Waals surface area (Å²) in [5.74, 6) is 0.697. The standard InChI is InChI=1S/C10H9N.C9H8N2.C8H9N.3C6H5N3.C6H7N.4C5H6N2.C4H9N.24C2H6/c1-8-6-7-9-4-2-3-5-10(9)11-8;1-7-6-10-8-4-2-3-5-9(8)11-7;1-2-4-8-6-9-5-7(8)3-1;1-2-7-3-5-4-8-9-6(1)5;1-2-7-4-6-5(1)3-8-9-6;1-2-5-6(7-3-1)4-8-9-5;1-6-4-2-3-5-7-6;1-5-4-6-2-3-7-5;1-5-2-3-6-4-7-5;1-5-6-3-2-4-7-5;1-5-3-2-4-6-7-5;1-2-4-5-3-1;24*1-2/h2-7,11H,1H2;2-6,11H,1H2;1-4,9H,5-6H2;3*1-4H,(H,8,9);2-5,7H,1H2;2-4,7H,1H2;2-4H,1H2,(H,6,7);2-4,6H,1H2;2-4,7H,1H2;5H,1-4H2;24*1-2H3. The second-order valence-electron chi connectivity index (χ2n) is 20.7. The van der Waals surface area contributed by atoms with Gasteiger partial charge in [0.25, 0.3) is 0 Å². The van der Waals surface area contributed by atoms with Crippen LogP contribution in [0.3, 0.4) is 0 Å². The third kappa shape index (κ3) is 113. The summed E-state index contributed by atoms with van der Waals surface area (Å²) in [5.41, 5.74) is 19.1. The number of fused-ring (bicyclic) bond motifs is 6. The van der Waals surface area contributed by atoms with E-state index < -0.39 is 0 Å². The van der Waals surface area contributed by atoms with E-state index in [4.69, 9.17) is 0 Å². The van der Waals surface area contributed by atoms with E-state index in [1.54, 1.807) is 112 Å². The maximum atomic E-state index is 4.19. The molecular formula is C123H225N23. The van der Waals surface area contributed by atoms with E-state index in [1.165, 1.54) is 42.6 Å². The maximum Gasteiger partial charge on any atom is 0.122 e. The van der Waals surface area contributed by atoms with Crippen LogP contribution in [0, 0.1) is 0 Å². The Hall–Kier alpha value is -13.3. The van der Waals surface area contributed by atoms with Crippen LogP contribution in [0.25, 0.3) is 38.9 Å². The second kappa shape index (κ2) is 168. The monoisotopic (exact) mass is 2020 g/mol. The molecule has 0 aliphatic carbocycles. The van der Waals surface area contributed by atoms with Gasteiger partial charge in [0.15, 0.2) is 0 Å². The van der Waals surface area contributed by atoms with Gasteiger partial charge in [0.2, 0.25) is 0 Å². The predicted octanol–water partition coefficient (Wildman–Crippen LogP) is 37.9. The smallest absolute Gasteiger partial charge is 0.122 e. The average Bonchev–Trinajstić information content (AvgIpc) is 1.51. The molecule has 832 valence electrons. The van der Waals surface area contributed by atoms with Crippen LogP contribution in [-0.4, -0.2) is 89.8 Å². The highest BCUT2D eigenvalue weighted by Crippen LogP contribution is 2.28. The lowest BCUT2D eigenvalue weighted by atomic mass is 10.1. The second-order valence-corrected chi connectivity index (χ2v) is 20.7. The summed E-state index contributed by atoms with van der Waals surface area (Å²) in [6, 6.07) is 32.2. The van der Waals surface area contributed by atoms with E-state index in [0.717, 1.165) is 97.2 Å². The highest BCUT2D eigenvalue weighted by molar-refractivity contribution is 5.91. The molecule has 15 heterocycles. The highest BCUT2D eigenvalue weighted by Gasteiger charge is 2.07. The molecule has 9 aromatic rings. The first kappa shape index (κ1) is 175. The molecule has 146 heavy (non-hydrogen) atoms. The predicted molar refractivity (Wildman–Crippen MR) is 679 cm³/mol.